The maximum atomic E-state index is 12.6. The number of aryl methyl sites for hydroxylation is 4. The van der Waals surface area contributed by atoms with E-state index in [1.165, 1.54) is 0 Å². The second-order valence-electron chi connectivity index (χ2n) is 8.07. The molecule has 0 aliphatic rings. The van der Waals surface area contributed by atoms with E-state index in [-0.39, 0.29) is 16.8 Å². The normalized spacial score (nSPS) is 10.9. The van der Waals surface area contributed by atoms with Gasteiger partial charge in [0.05, 0.1) is 5.56 Å². The average Bonchev–Trinajstić information content (AvgIpc) is 3.20. The molecule has 0 unspecified atom stereocenters. The van der Waals surface area contributed by atoms with Crippen molar-refractivity contribution >= 4 is 40.0 Å². The fraction of sp³-hybridized carbons (Fsp3) is 0.192. The van der Waals surface area contributed by atoms with Crippen LogP contribution in [0.2, 0.25) is 0 Å². The van der Waals surface area contributed by atoms with Gasteiger partial charge in [-0.3, -0.25) is 10.1 Å². The third-order valence-electron chi connectivity index (χ3n) is 5.65. The summed E-state index contributed by atoms with van der Waals surface area (Å²) in [5.41, 5.74) is 6.87. The Bertz CT molecular complexity index is 1390. The van der Waals surface area contributed by atoms with Gasteiger partial charge < -0.3 is 14.8 Å². The molecule has 1 aromatic heterocycles. The highest BCUT2D eigenvalue weighted by atomic mass is 32.1. The largest absolute Gasteiger partial charge is 0.507 e. The molecule has 3 aromatic carbocycles. The van der Waals surface area contributed by atoms with E-state index in [0.717, 1.165) is 28.6 Å². The summed E-state index contributed by atoms with van der Waals surface area (Å²) in [6.45, 7) is 7.80. The number of anilines is 1. The summed E-state index contributed by atoms with van der Waals surface area (Å²) in [4.78, 5) is 17.1. The highest BCUT2D eigenvalue weighted by Crippen LogP contribution is 2.36. The molecule has 0 aliphatic carbocycles. The zero-order chi connectivity index (χ0) is 23.7. The number of nitrogens with zero attached hydrogens (tertiary/aromatic N) is 1. The first kappa shape index (κ1) is 22.5. The number of aromatic nitrogens is 1. The predicted octanol–water partition coefficient (Wildman–Crippen LogP) is 5.81. The number of oxazole rings is 1. The van der Waals surface area contributed by atoms with E-state index in [2.05, 4.69) is 22.5 Å². The Morgan fingerprint density at radius 2 is 1.82 bits per heavy atom. The van der Waals surface area contributed by atoms with Crippen LogP contribution in [0.5, 0.6) is 5.75 Å². The first-order chi connectivity index (χ1) is 15.7. The van der Waals surface area contributed by atoms with E-state index >= 15 is 0 Å². The summed E-state index contributed by atoms with van der Waals surface area (Å²) in [6, 6.07) is 14.8. The molecule has 168 valence electrons. The Morgan fingerprint density at radius 3 is 2.55 bits per heavy atom. The lowest BCUT2D eigenvalue weighted by Crippen LogP contribution is -2.34. The zero-order valence-electron chi connectivity index (χ0n) is 18.9. The SMILES string of the molecule is CCc1ccc2oc(-c3cc(NC(=S)NC(=O)c4ccc(C)c(C)c4)cc(C)c3O)nc2c1. The van der Waals surface area contributed by atoms with Crippen molar-refractivity contribution in [2.75, 3.05) is 5.32 Å². The van der Waals surface area contributed by atoms with Crippen molar-refractivity contribution in [2.45, 2.75) is 34.1 Å². The molecule has 0 saturated heterocycles. The van der Waals surface area contributed by atoms with Crippen molar-refractivity contribution in [3.05, 3.63) is 76.3 Å². The lowest BCUT2D eigenvalue weighted by molar-refractivity contribution is 0.0977. The third-order valence-corrected chi connectivity index (χ3v) is 5.85. The van der Waals surface area contributed by atoms with Crippen LogP contribution in [0.25, 0.3) is 22.6 Å². The number of benzene rings is 3. The molecule has 6 nitrogen and oxygen atoms in total. The zero-order valence-corrected chi connectivity index (χ0v) is 19.8. The van der Waals surface area contributed by atoms with E-state index in [4.69, 9.17) is 16.6 Å². The van der Waals surface area contributed by atoms with Crippen LogP contribution >= 0.6 is 12.2 Å². The number of carbonyl (C=O) groups is 1. The number of thiocarbonyl (C=S) groups is 1. The molecule has 3 N–H and O–H groups in total. The van der Waals surface area contributed by atoms with Gasteiger partial charge in [0, 0.05) is 11.3 Å². The number of hydrogen-bond donors (Lipinski definition) is 3. The van der Waals surface area contributed by atoms with Crippen molar-refractivity contribution in [3.63, 3.8) is 0 Å². The summed E-state index contributed by atoms with van der Waals surface area (Å²) >= 11 is 5.34. The topological polar surface area (TPSA) is 87.4 Å². The van der Waals surface area contributed by atoms with Crippen LogP contribution in [0.4, 0.5) is 5.69 Å². The molecule has 0 spiro atoms. The second kappa shape index (κ2) is 9.03. The molecule has 0 radical (unpaired) electrons. The summed E-state index contributed by atoms with van der Waals surface area (Å²) in [6.07, 6.45) is 0.896. The standard InChI is InChI=1S/C26H25N3O3S/c1-5-17-7-9-22-21(12-17)28-25(32-22)20-13-19(11-16(4)23(20)30)27-26(33)29-24(31)18-8-6-14(2)15(3)10-18/h6-13,30H,5H2,1-4H3,(H2,27,29,31,33). The van der Waals surface area contributed by atoms with Gasteiger partial charge in [0.1, 0.15) is 11.3 Å². The fourth-order valence-electron chi connectivity index (χ4n) is 3.54. The molecule has 0 fully saturated rings. The van der Waals surface area contributed by atoms with Crippen molar-refractivity contribution in [2.24, 2.45) is 0 Å². The van der Waals surface area contributed by atoms with Gasteiger partial charge in [-0.2, -0.15) is 0 Å². The van der Waals surface area contributed by atoms with Crippen LogP contribution in [0, 0.1) is 20.8 Å². The number of aromatic hydroxyl groups is 1. The summed E-state index contributed by atoms with van der Waals surface area (Å²) in [5, 5.41) is 16.5. The number of amides is 1. The highest BCUT2D eigenvalue weighted by molar-refractivity contribution is 7.80. The molecule has 4 aromatic rings. The minimum atomic E-state index is -0.294. The van der Waals surface area contributed by atoms with Gasteiger partial charge in [-0.05, 0) is 98.1 Å². The van der Waals surface area contributed by atoms with Crippen molar-refractivity contribution in [1.29, 1.82) is 0 Å². The molecule has 1 amide bonds. The molecule has 7 heteroatoms. The molecule has 0 atom stereocenters. The van der Waals surface area contributed by atoms with Crippen LogP contribution in [-0.4, -0.2) is 21.1 Å². The lowest BCUT2D eigenvalue weighted by Gasteiger charge is -2.13. The van der Waals surface area contributed by atoms with Crippen LogP contribution in [0.15, 0.2) is 52.9 Å². The molecule has 1 heterocycles. The average molecular weight is 460 g/mol. The number of rotatable bonds is 4. The molecular formula is C26H25N3O3S. The van der Waals surface area contributed by atoms with Crippen LogP contribution in [0.3, 0.4) is 0 Å². The van der Waals surface area contributed by atoms with Gasteiger partial charge in [0.25, 0.3) is 5.91 Å². The van der Waals surface area contributed by atoms with E-state index in [9.17, 15) is 9.90 Å². The van der Waals surface area contributed by atoms with Crippen molar-refractivity contribution in [3.8, 4) is 17.2 Å². The molecule has 33 heavy (non-hydrogen) atoms. The van der Waals surface area contributed by atoms with Crippen LogP contribution in [-0.2, 0) is 6.42 Å². The van der Waals surface area contributed by atoms with Gasteiger partial charge >= 0.3 is 0 Å². The molecule has 0 bridgehead atoms. The summed E-state index contributed by atoms with van der Waals surface area (Å²) < 4.78 is 5.89. The first-order valence-electron chi connectivity index (χ1n) is 10.7. The van der Waals surface area contributed by atoms with Gasteiger partial charge in [0.2, 0.25) is 5.89 Å². The first-order valence-corrected chi connectivity index (χ1v) is 11.1. The number of phenolic OH excluding ortho intramolecular Hbond substituents is 1. The summed E-state index contributed by atoms with van der Waals surface area (Å²) in [7, 11) is 0. The Hall–Kier alpha value is -3.71. The minimum Gasteiger partial charge on any atom is -0.507 e. The number of nitrogens with one attached hydrogen (secondary N) is 2. The van der Waals surface area contributed by atoms with Gasteiger partial charge in [-0.15, -0.1) is 0 Å². The van der Waals surface area contributed by atoms with E-state index in [0.29, 0.717) is 33.9 Å². The smallest absolute Gasteiger partial charge is 0.257 e. The summed E-state index contributed by atoms with van der Waals surface area (Å²) in [5.74, 6) is 0.0949. The van der Waals surface area contributed by atoms with Crippen molar-refractivity contribution in [1.82, 2.24) is 10.3 Å². The monoisotopic (exact) mass is 459 g/mol. The Kier molecular flexibility index (Phi) is 6.16. The van der Waals surface area contributed by atoms with Gasteiger partial charge in [-0.25, -0.2) is 4.98 Å². The van der Waals surface area contributed by atoms with E-state index in [1.807, 2.05) is 44.2 Å². The number of phenols is 1. The van der Waals surface area contributed by atoms with Gasteiger partial charge in [0.15, 0.2) is 10.7 Å². The number of carbonyl (C=O) groups excluding carboxylic acids is 1. The minimum absolute atomic E-state index is 0.0768. The Morgan fingerprint density at radius 1 is 1.03 bits per heavy atom. The quantitative estimate of drug-likeness (QED) is 0.263. The fourth-order valence-corrected chi connectivity index (χ4v) is 3.75. The Balaban J connectivity index is 1.57. The molecule has 0 saturated carbocycles. The maximum absolute atomic E-state index is 12.6. The van der Waals surface area contributed by atoms with Gasteiger partial charge in [-0.1, -0.05) is 19.1 Å². The van der Waals surface area contributed by atoms with Crippen LogP contribution < -0.4 is 10.6 Å². The Labute approximate surface area is 197 Å². The van der Waals surface area contributed by atoms with E-state index in [1.54, 1.807) is 25.1 Å². The highest BCUT2D eigenvalue weighted by Gasteiger charge is 2.17. The maximum Gasteiger partial charge on any atom is 0.257 e. The number of fused-ring (bicyclic) bond motifs is 1. The van der Waals surface area contributed by atoms with Crippen molar-refractivity contribution < 1.29 is 14.3 Å². The second-order valence-corrected chi connectivity index (χ2v) is 8.48. The number of hydrogen-bond acceptors (Lipinski definition) is 5. The van der Waals surface area contributed by atoms with E-state index < -0.39 is 0 Å². The third kappa shape index (κ3) is 4.73. The molecule has 4 rings (SSSR count). The molecular weight excluding hydrogens is 434 g/mol. The predicted molar refractivity (Wildman–Crippen MR) is 135 cm³/mol. The van der Waals surface area contributed by atoms with Crippen LogP contribution in [0.1, 0.15) is 39.5 Å². The molecule has 0 aliphatic heterocycles. The lowest BCUT2D eigenvalue weighted by atomic mass is 10.1.